The van der Waals surface area contributed by atoms with Crippen molar-refractivity contribution in [2.45, 2.75) is 69.7 Å². The minimum atomic E-state index is -1.03. The van der Waals surface area contributed by atoms with Gasteiger partial charge in [-0.05, 0) is 38.3 Å². The zero-order valence-corrected chi connectivity index (χ0v) is 18.8. The SMILES string of the molecule is CCCCCNC(=O)C1N([C@H](C)CO)C(=O)[C@@H]2[C@@H](C(=O)Nc3ccccc3)[C@H]3CCC12O3. The number of aliphatic hydroxyl groups is 1. The molecule has 174 valence electrons. The van der Waals surface area contributed by atoms with Gasteiger partial charge in [0, 0.05) is 12.2 Å². The van der Waals surface area contributed by atoms with Crippen molar-refractivity contribution in [3.63, 3.8) is 0 Å². The number of aliphatic hydroxyl groups excluding tert-OH is 1. The normalized spacial score (nSPS) is 31.5. The van der Waals surface area contributed by atoms with E-state index in [0.29, 0.717) is 25.1 Å². The van der Waals surface area contributed by atoms with Crippen LogP contribution in [0.15, 0.2) is 30.3 Å². The van der Waals surface area contributed by atoms with Crippen molar-refractivity contribution in [2.75, 3.05) is 18.5 Å². The monoisotopic (exact) mass is 443 g/mol. The van der Waals surface area contributed by atoms with Crippen molar-refractivity contribution in [3.8, 4) is 0 Å². The van der Waals surface area contributed by atoms with Crippen LogP contribution in [0.4, 0.5) is 5.69 Å². The van der Waals surface area contributed by atoms with Gasteiger partial charge in [-0.15, -0.1) is 0 Å². The molecular weight excluding hydrogens is 410 g/mol. The Morgan fingerprint density at radius 2 is 2.00 bits per heavy atom. The Balaban J connectivity index is 1.61. The Morgan fingerprint density at radius 1 is 1.25 bits per heavy atom. The lowest BCUT2D eigenvalue weighted by molar-refractivity contribution is -0.144. The minimum absolute atomic E-state index is 0.262. The standard InChI is InChI=1S/C24H33N3O5/c1-3-4-8-13-25-22(30)20-24-12-11-17(32-24)18(19(24)23(31)27(20)15(2)14-28)21(29)26-16-9-6-5-7-10-16/h5-7,9-10,15,17-20,28H,3-4,8,11-14H2,1-2H3,(H,25,30)(H,26,29)/t15-,17-,18+,19+,20?,24?/m1/s1. The van der Waals surface area contributed by atoms with E-state index in [1.165, 1.54) is 4.90 Å². The van der Waals surface area contributed by atoms with E-state index in [-0.39, 0.29) is 24.3 Å². The molecule has 32 heavy (non-hydrogen) atoms. The van der Waals surface area contributed by atoms with E-state index in [1.54, 1.807) is 19.1 Å². The summed E-state index contributed by atoms with van der Waals surface area (Å²) in [5.41, 5.74) is -0.371. The highest BCUT2D eigenvalue weighted by molar-refractivity contribution is 6.02. The number of benzene rings is 1. The van der Waals surface area contributed by atoms with Crippen LogP contribution in [0.2, 0.25) is 0 Å². The van der Waals surface area contributed by atoms with Gasteiger partial charge in [0.2, 0.25) is 17.7 Å². The first-order valence-electron chi connectivity index (χ1n) is 11.7. The third kappa shape index (κ3) is 3.69. The van der Waals surface area contributed by atoms with Crippen LogP contribution in [-0.2, 0) is 19.1 Å². The number of para-hydroxylation sites is 1. The maximum atomic E-state index is 13.6. The molecule has 1 aromatic rings. The van der Waals surface area contributed by atoms with E-state index < -0.39 is 35.6 Å². The number of unbranched alkanes of at least 4 members (excludes halogenated alkanes) is 2. The number of amides is 3. The average molecular weight is 444 g/mol. The summed E-state index contributed by atoms with van der Waals surface area (Å²) >= 11 is 0. The number of carbonyl (C=O) groups is 3. The summed E-state index contributed by atoms with van der Waals surface area (Å²) in [6, 6.07) is 7.73. The second-order valence-electron chi connectivity index (χ2n) is 9.19. The Morgan fingerprint density at radius 3 is 2.69 bits per heavy atom. The summed E-state index contributed by atoms with van der Waals surface area (Å²) in [5.74, 6) is -2.20. The molecule has 4 rings (SSSR count). The maximum absolute atomic E-state index is 13.6. The molecule has 3 amide bonds. The molecule has 3 aliphatic rings. The maximum Gasteiger partial charge on any atom is 0.245 e. The molecule has 3 heterocycles. The number of ether oxygens (including phenoxy) is 1. The van der Waals surface area contributed by atoms with E-state index in [0.717, 1.165) is 19.3 Å². The van der Waals surface area contributed by atoms with Crippen LogP contribution in [0.1, 0.15) is 46.0 Å². The molecule has 2 bridgehead atoms. The second-order valence-corrected chi connectivity index (χ2v) is 9.19. The fourth-order valence-corrected chi connectivity index (χ4v) is 5.68. The summed E-state index contributed by atoms with van der Waals surface area (Å²) in [7, 11) is 0. The zero-order valence-electron chi connectivity index (χ0n) is 18.8. The molecule has 0 aliphatic carbocycles. The molecule has 1 spiro atoms. The van der Waals surface area contributed by atoms with Crippen molar-refractivity contribution < 1.29 is 24.2 Å². The van der Waals surface area contributed by atoms with Gasteiger partial charge in [0.05, 0.1) is 30.6 Å². The second kappa shape index (κ2) is 9.19. The van der Waals surface area contributed by atoms with Crippen LogP contribution in [0, 0.1) is 11.8 Å². The van der Waals surface area contributed by atoms with Gasteiger partial charge in [-0.1, -0.05) is 38.0 Å². The van der Waals surface area contributed by atoms with Crippen LogP contribution < -0.4 is 10.6 Å². The molecule has 8 nitrogen and oxygen atoms in total. The average Bonchev–Trinajstić information content (AvgIpc) is 3.44. The zero-order chi connectivity index (χ0) is 22.9. The summed E-state index contributed by atoms with van der Waals surface area (Å²) < 4.78 is 6.35. The van der Waals surface area contributed by atoms with Crippen LogP contribution in [0.25, 0.3) is 0 Å². The molecular formula is C24H33N3O5. The van der Waals surface area contributed by atoms with E-state index in [2.05, 4.69) is 17.6 Å². The number of likely N-dealkylation sites (tertiary alicyclic amines) is 1. The van der Waals surface area contributed by atoms with Crippen LogP contribution in [0.5, 0.6) is 0 Å². The van der Waals surface area contributed by atoms with Gasteiger partial charge >= 0.3 is 0 Å². The van der Waals surface area contributed by atoms with Crippen molar-refractivity contribution in [1.29, 1.82) is 0 Å². The highest BCUT2D eigenvalue weighted by atomic mass is 16.5. The van der Waals surface area contributed by atoms with Gasteiger partial charge in [-0.25, -0.2) is 0 Å². The third-order valence-corrected chi connectivity index (χ3v) is 7.15. The Kier molecular flexibility index (Phi) is 6.53. The number of nitrogens with zero attached hydrogens (tertiary/aromatic N) is 1. The Labute approximate surface area is 188 Å². The van der Waals surface area contributed by atoms with Gasteiger partial charge < -0.3 is 25.4 Å². The largest absolute Gasteiger partial charge is 0.394 e. The first-order chi connectivity index (χ1) is 15.4. The van der Waals surface area contributed by atoms with Gasteiger partial charge in [0.25, 0.3) is 0 Å². The molecule has 0 saturated carbocycles. The van der Waals surface area contributed by atoms with Crippen LogP contribution in [0.3, 0.4) is 0 Å². The number of hydrogen-bond acceptors (Lipinski definition) is 5. The van der Waals surface area contributed by atoms with Crippen molar-refractivity contribution in [2.24, 2.45) is 11.8 Å². The smallest absolute Gasteiger partial charge is 0.245 e. The predicted molar refractivity (Wildman–Crippen MR) is 119 cm³/mol. The molecule has 8 heteroatoms. The van der Waals surface area contributed by atoms with Crippen molar-refractivity contribution >= 4 is 23.4 Å². The lowest BCUT2D eigenvalue weighted by Gasteiger charge is -2.35. The molecule has 3 fully saturated rings. The number of nitrogens with one attached hydrogen (secondary N) is 2. The quantitative estimate of drug-likeness (QED) is 0.504. The Hall–Kier alpha value is -2.45. The molecule has 0 radical (unpaired) electrons. The summed E-state index contributed by atoms with van der Waals surface area (Å²) in [6.07, 6.45) is 3.69. The number of rotatable bonds is 9. The molecule has 6 atom stereocenters. The van der Waals surface area contributed by atoms with Gasteiger partial charge in [0.1, 0.15) is 11.6 Å². The first-order valence-corrected chi connectivity index (χ1v) is 11.7. The summed E-state index contributed by atoms with van der Waals surface area (Å²) in [4.78, 5) is 41.6. The lowest BCUT2D eigenvalue weighted by atomic mass is 9.70. The number of anilines is 1. The summed E-state index contributed by atoms with van der Waals surface area (Å²) in [6.45, 7) is 4.08. The molecule has 0 aromatic heterocycles. The fourth-order valence-electron chi connectivity index (χ4n) is 5.68. The predicted octanol–water partition coefficient (Wildman–Crippen LogP) is 1.69. The fraction of sp³-hybridized carbons (Fsp3) is 0.625. The molecule has 3 aliphatic heterocycles. The highest BCUT2D eigenvalue weighted by Gasteiger charge is 2.74. The molecule has 1 aromatic carbocycles. The lowest BCUT2D eigenvalue weighted by Crippen LogP contribution is -2.57. The van der Waals surface area contributed by atoms with Gasteiger partial charge in [-0.3, -0.25) is 14.4 Å². The Bertz CT molecular complexity index is 862. The number of hydrogen-bond donors (Lipinski definition) is 3. The van der Waals surface area contributed by atoms with E-state index >= 15 is 0 Å². The van der Waals surface area contributed by atoms with Crippen molar-refractivity contribution in [3.05, 3.63) is 30.3 Å². The van der Waals surface area contributed by atoms with E-state index in [1.807, 2.05) is 18.2 Å². The third-order valence-electron chi connectivity index (χ3n) is 7.15. The highest BCUT2D eigenvalue weighted by Crippen LogP contribution is 2.58. The molecule has 3 saturated heterocycles. The van der Waals surface area contributed by atoms with Gasteiger partial charge in [-0.2, -0.15) is 0 Å². The number of carbonyl (C=O) groups excluding carboxylic acids is 3. The number of fused-ring (bicyclic) bond motifs is 1. The van der Waals surface area contributed by atoms with Crippen LogP contribution >= 0.6 is 0 Å². The molecule has 2 unspecified atom stereocenters. The molecule has 3 N–H and O–H groups in total. The summed E-state index contributed by atoms with van der Waals surface area (Å²) in [5, 5.41) is 15.7. The minimum Gasteiger partial charge on any atom is -0.394 e. The van der Waals surface area contributed by atoms with Crippen molar-refractivity contribution in [1.82, 2.24) is 10.2 Å². The van der Waals surface area contributed by atoms with Gasteiger partial charge in [0.15, 0.2) is 0 Å². The van der Waals surface area contributed by atoms with E-state index in [9.17, 15) is 19.5 Å². The van der Waals surface area contributed by atoms with Crippen LogP contribution in [-0.4, -0.2) is 64.7 Å². The first kappa shape index (κ1) is 22.7. The van der Waals surface area contributed by atoms with E-state index in [4.69, 9.17) is 4.74 Å². The topological polar surface area (TPSA) is 108 Å².